The monoisotopic (exact) mass is 408 g/mol. The van der Waals surface area contributed by atoms with Crippen LogP contribution in [0.4, 0.5) is 11.6 Å². The lowest BCUT2D eigenvalue weighted by atomic mass is 10.1. The van der Waals surface area contributed by atoms with Crippen LogP contribution in [0.15, 0.2) is 60.8 Å². The largest absolute Gasteiger partial charge is 0.324 e. The second-order valence-electron chi connectivity index (χ2n) is 7.29. The van der Waals surface area contributed by atoms with E-state index in [2.05, 4.69) is 55.5 Å². The van der Waals surface area contributed by atoms with Gasteiger partial charge in [0.25, 0.3) is 5.78 Å². The predicted octanol–water partition coefficient (Wildman–Crippen LogP) is 4.31. The summed E-state index contributed by atoms with van der Waals surface area (Å²) in [6, 6.07) is 17.7. The third-order valence-corrected chi connectivity index (χ3v) is 5.27. The summed E-state index contributed by atoms with van der Waals surface area (Å²) >= 11 is 0. The molecule has 0 amide bonds. The maximum absolute atomic E-state index is 4.66. The second kappa shape index (κ2) is 7.56. The van der Waals surface area contributed by atoms with Crippen molar-refractivity contribution in [3.8, 4) is 22.8 Å². The molecule has 5 aromatic rings. The number of nitrogens with zero attached hydrogens (tertiary/aromatic N) is 7. The van der Waals surface area contributed by atoms with Crippen LogP contribution in [0, 0.1) is 20.8 Å². The van der Waals surface area contributed by atoms with E-state index in [1.807, 2.05) is 55.5 Å². The van der Waals surface area contributed by atoms with Crippen LogP contribution in [0.2, 0.25) is 0 Å². The van der Waals surface area contributed by atoms with Crippen LogP contribution >= 0.6 is 0 Å². The van der Waals surface area contributed by atoms with Gasteiger partial charge in [-0.25, -0.2) is 9.97 Å². The molecule has 1 N–H and O–H groups in total. The third kappa shape index (κ3) is 3.48. The quantitative estimate of drug-likeness (QED) is 0.473. The van der Waals surface area contributed by atoms with Gasteiger partial charge in [-0.2, -0.15) is 9.50 Å². The van der Waals surface area contributed by atoms with E-state index in [1.165, 1.54) is 5.56 Å². The Kier molecular flexibility index (Phi) is 4.59. The average Bonchev–Trinajstić information content (AvgIpc) is 3.23. The number of hydrogen-bond donors (Lipinski definition) is 1. The molecule has 0 aliphatic heterocycles. The zero-order valence-corrected chi connectivity index (χ0v) is 17.4. The molecule has 8 nitrogen and oxygen atoms in total. The summed E-state index contributed by atoms with van der Waals surface area (Å²) < 4.78 is 1.70. The van der Waals surface area contributed by atoms with Crippen molar-refractivity contribution >= 4 is 17.4 Å². The molecule has 31 heavy (non-hydrogen) atoms. The summed E-state index contributed by atoms with van der Waals surface area (Å²) in [6.45, 7) is 6.08. The first-order chi connectivity index (χ1) is 15.1. The molecule has 3 heterocycles. The van der Waals surface area contributed by atoms with Crippen LogP contribution in [0.25, 0.3) is 28.6 Å². The number of fused-ring (bicyclic) bond motifs is 1. The molecule has 152 valence electrons. The topological polar surface area (TPSA) is 93.8 Å². The van der Waals surface area contributed by atoms with Crippen molar-refractivity contribution in [2.24, 2.45) is 0 Å². The van der Waals surface area contributed by atoms with E-state index in [9.17, 15) is 0 Å². The van der Waals surface area contributed by atoms with Gasteiger partial charge in [-0.1, -0.05) is 42.5 Å². The molecule has 0 aliphatic rings. The molecule has 0 spiro atoms. The fraction of sp³-hybridized carbons (Fsp3) is 0.130. The summed E-state index contributed by atoms with van der Waals surface area (Å²) in [7, 11) is 0. The minimum atomic E-state index is 0.447. The molecule has 0 saturated carbocycles. The Morgan fingerprint density at radius 1 is 0.839 bits per heavy atom. The highest BCUT2D eigenvalue weighted by Crippen LogP contribution is 2.24. The Balaban J connectivity index is 1.53. The second-order valence-corrected chi connectivity index (χ2v) is 7.29. The minimum Gasteiger partial charge on any atom is -0.324 e. The van der Waals surface area contributed by atoms with Crippen molar-refractivity contribution in [1.82, 2.24) is 34.8 Å². The van der Waals surface area contributed by atoms with Crippen molar-refractivity contribution in [1.29, 1.82) is 0 Å². The van der Waals surface area contributed by atoms with Gasteiger partial charge in [-0.15, -0.1) is 15.3 Å². The number of benzene rings is 2. The lowest BCUT2D eigenvalue weighted by Gasteiger charge is -2.11. The lowest BCUT2D eigenvalue weighted by molar-refractivity contribution is 0.851. The standard InChI is InChI=1S/C23H20N8/c1-14-8-7-11-18(15(14)2)25-22-24-13-12-19(26-22)20-16(3)31-23(29-28-20)27-21(30-31)17-9-5-4-6-10-17/h4-13H,1-3H3,(H,24,25,26). The maximum atomic E-state index is 4.66. The molecular formula is C23H20N8. The first kappa shape index (κ1) is 18.8. The van der Waals surface area contributed by atoms with Crippen LogP contribution in [-0.4, -0.2) is 34.8 Å². The first-order valence-corrected chi connectivity index (χ1v) is 9.92. The molecule has 8 heteroatoms. The number of aromatic nitrogens is 7. The highest BCUT2D eigenvalue weighted by Gasteiger charge is 2.15. The van der Waals surface area contributed by atoms with Gasteiger partial charge in [-0.05, 0) is 44.0 Å². The number of nitrogens with one attached hydrogen (secondary N) is 1. The van der Waals surface area contributed by atoms with Gasteiger partial charge in [0, 0.05) is 17.4 Å². The smallest absolute Gasteiger partial charge is 0.272 e. The Morgan fingerprint density at radius 2 is 1.68 bits per heavy atom. The number of aryl methyl sites for hydroxylation is 2. The summed E-state index contributed by atoms with van der Waals surface area (Å²) in [6.07, 6.45) is 1.71. The van der Waals surface area contributed by atoms with E-state index in [0.717, 1.165) is 22.5 Å². The molecule has 0 radical (unpaired) electrons. The Labute approximate surface area is 179 Å². The number of rotatable bonds is 4. The molecular weight excluding hydrogens is 388 g/mol. The molecule has 0 bridgehead atoms. The van der Waals surface area contributed by atoms with Crippen molar-refractivity contribution < 1.29 is 0 Å². The Morgan fingerprint density at radius 3 is 2.52 bits per heavy atom. The Hall–Kier alpha value is -4.20. The third-order valence-electron chi connectivity index (χ3n) is 5.27. The molecule has 0 saturated heterocycles. The fourth-order valence-electron chi connectivity index (χ4n) is 3.36. The normalized spacial score (nSPS) is 11.1. The molecule has 5 rings (SSSR count). The number of hydrogen-bond acceptors (Lipinski definition) is 7. The molecule has 3 aromatic heterocycles. The summed E-state index contributed by atoms with van der Waals surface area (Å²) in [5, 5.41) is 16.6. The van der Waals surface area contributed by atoms with Crippen molar-refractivity contribution in [2.75, 3.05) is 5.32 Å². The van der Waals surface area contributed by atoms with Crippen molar-refractivity contribution in [3.63, 3.8) is 0 Å². The van der Waals surface area contributed by atoms with Gasteiger partial charge in [0.05, 0.1) is 11.4 Å². The van der Waals surface area contributed by atoms with Gasteiger partial charge in [0.15, 0.2) is 5.82 Å². The van der Waals surface area contributed by atoms with Crippen molar-refractivity contribution in [2.45, 2.75) is 20.8 Å². The van der Waals surface area contributed by atoms with Crippen LogP contribution in [0.5, 0.6) is 0 Å². The van der Waals surface area contributed by atoms with Gasteiger partial charge in [-0.3, -0.25) is 0 Å². The molecule has 0 fully saturated rings. The van der Waals surface area contributed by atoms with Gasteiger partial charge >= 0.3 is 0 Å². The lowest BCUT2D eigenvalue weighted by Crippen LogP contribution is -2.05. The van der Waals surface area contributed by atoms with Crippen LogP contribution in [-0.2, 0) is 0 Å². The number of anilines is 2. The van der Waals surface area contributed by atoms with E-state index in [4.69, 9.17) is 0 Å². The zero-order valence-electron chi connectivity index (χ0n) is 17.4. The van der Waals surface area contributed by atoms with Gasteiger partial charge in [0.1, 0.15) is 5.69 Å². The first-order valence-electron chi connectivity index (χ1n) is 9.92. The van der Waals surface area contributed by atoms with E-state index in [1.54, 1.807) is 10.7 Å². The summed E-state index contributed by atoms with van der Waals surface area (Å²) in [5.41, 5.74) is 6.35. The highest BCUT2D eigenvalue weighted by atomic mass is 15.4. The van der Waals surface area contributed by atoms with Crippen LogP contribution in [0.1, 0.15) is 16.8 Å². The van der Waals surface area contributed by atoms with Crippen LogP contribution in [0.3, 0.4) is 0 Å². The molecule has 2 aromatic carbocycles. The van der Waals surface area contributed by atoms with Gasteiger partial charge in [0.2, 0.25) is 5.95 Å². The summed E-state index contributed by atoms with van der Waals surface area (Å²) in [4.78, 5) is 13.5. The fourth-order valence-corrected chi connectivity index (χ4v) is 3.36. The average molecular weight is 408 g/mol. The predicted molar refractivity (Wildman–Crippen MR) is 119 cm³/mol. The van der Waals surface area contributed by atoms with Gasteiger partial charge < -0.3 is 5.32 Å². The van der Waals surface area contributed by atoms with Crippen LogP contribution < -0.4 is 5.32 Å². The van der Waals surface area contributed by atoms with Crippen molar-refractivity contribution in [3.05, 3.63) is 77.6 Å². The summed E-state index contributed by atoms with van der Waals surface area (Å²) in [5.74, 6) is 1.55. The zero-order chi connectivity index (χ0) is 21.4. The molecule has 0 atom stereocenters. The van der Waals surface area contributed by atoms with E-state index < -0.39 is 0 Å². The molecule has 0 aliphatic carbocycles. The SMILES string of the molecule is Cc1cccc(Nc2nccc(-c3nnc4nc(-c5ccccc5)nn4c3C)n2)c1C. The van der Waals surface area contributed by atoms with E-state index in [-0.39, 0.29) is 0 Å². The Bertz CT molecular complexity index is 1390. The minimum absolute atomic E-state index is 0.447. The maximum Gasteiger partial charge on any atom is 0.272 e. The van der Waals surface area contributed by atoms with E-state index >= 15 is 0 Å². The highest BCUT2D eigenvalue weighted by molar-refractivity contribution is 5.64. The molecule has 0 unspecified atom stereocenters. The van der Waals surface area contributed by atoms with E-state index in [0.29, 0.717) is 28.9 Å².